The minimum Gasteiger partial charge on any atom is -0.333 e. The number of nitrogens with zero attached hydrogens (tertiary/aromatic N) is 3. The number of pyridine rings is 1. The molecule has 0 saturated heterocycles. The summed E-state index contributed by atoms with van der Waals surface area (Å²) in [7, 11) is 0. The SMILES string of the molecule is Cc1cnc(-c2cccc(Cl)c2)c(C2=CC3=NC=CCCN3C=C2)c1. The van der Waals surface area contributed by atoms with Gasteiger partial charge in [0.1, 0.15) is 5.84 Å². The molecule has 3 heterocycles. The Hall–Kier alpha value is -2.65. The highest BCUT2D eigenvalue weighted by atomic mass is 35.5. The van der Waals surface area contributed by atoms with E-state index in [1.54, 1.807) is 0 Å². The van der Waals surface area contributed by atoms with Gasteiger partial charge in [-0.2, -0.15) is 0 Å². The van der Waals surface area contributed by atoms with E-state index < -0.39 is 0 Å². The molecule has 3 nitrogen and oxygen atoms in total. The number of allylic oxidation sites excluding steroid dienone is 2. The summed E-state index contributed by atoms with van der Waals surface area (Å²) < 4.78 is 0. The Labute approximate surface area is 152 Å². The van der Waals surface area contributed by atoms with Gasteiger partial charge < -0.3 is 4.90 Å². The lowest BCUT2D eigenvalue weighted by atomic mass is 9.96. The molecule has 0 fully saturated rings. The number of aryl methyl sites for hydroxylation is 1. The van der Waals surface area contributed by atoms with Crippen LogP contribution in [0.3, 0.4) is 0 Å². The smallest absolute Gasteiger partial charge is 0.133 e. The van der Waals surface area contributed by atoms with Crippen molar-refractivity contribution in [3.8, 4) is 11.3 Å². The average molecular weight is 348 g/mol. The second-order valence-electron chi connectivity index (χ2n) is 6.19. The molecule has 0 unspecified atom stereocenters. The van der Waals surface area contributed by atoms with Crippen LogP contribution < -0.4 is 0 Å². The average Bonchev–Trinajstić information content (AvgIpc) is 2.86. The molecule has 0 bridgehead atoms. The minimum absolute atomic E-state index is 0.712. The van der Waals surface area contributed by atoms with Gasteiger partial charge in [0.2, 0.25) is 0 Å². The van der Waals surface area contributed by atoms with Crippen LogP contribution in [0.2, 0.25) is 5.02 Å². The third-order valence-corrected chi connectivity index (χ3v) is 4.53. The number of aliphatic imine (C=N–C) groups is 1. The molecule has 0 saturated carbocycles. The molecule has 0 spiro atoms. The van der Waals surface area contributed by atoms with Crippen molar-refractivity contribution in [3.63, 3.8) is 0 Å². The van der Waals surface area contributed by atoms with Crippen LogP contribution in [0.25, 0.3) is 16.8 Å². The molecular formula is C21H18ClN3. The molecule has 2 aliphatic rings. The van der Waals surface area contributed by atoms with Crippen LogP contribution in [-0.2, 0) is 0 Å². The lowest BCUT2D eigenvalue weighted by Gasteiger charge is -2.23. The number of amidine groups is 1. The summed E-state index contributed by atoms with van der Waals surface area (Å²) in [5, 5.41) is 0.712. The third kappa shape index (κ3) is 3.28. The van der Waals surface area contributed by atoms with Crippen LogP contribution in [-0.4, -0.2) is 22.3 Å². The Balaban J connectivity index is 1.83. The molecule has 124 valence electrons. The Kier molecular flexibility index (Phi) is 4.24. The summed E-state index contributed by atoms with van der Waals surface area (Å²) >= 11 is 6.18. The van der Waals surface area contributed by atoms with Gasteiger partial charge in [0.25, 0.3) is 0 Å². The zero-order valence-corrected chi connectivity index (χ0v) is 14.7. The number of benzene rings is 1. The summed E-state index contributed by atoms with van der Waals surface area (Å²) in [6.07, 6.45) is 13.2. The first-order chi connectivity index (χ1) is 12.2. The molecule has 0 amide bonds. The van der Waals surface area contributed by atoms with Gasteiger partial charge in [0.15, 0.2) is 0 Å². The van der Waals surface area contributed by atoms with Crippen molar-refractivity contribution in [2.24, 2.45) is 4.99 Å². The maximum Gasteiger partial charge on any atom is 0.133 e. The zero-order chi connectivity index (χ0) is 17.2. The minimum atomic E-state index is 0.712. The van der Waals surface area contributed by atoms with Crippen molar-refractivity contribution in [3.05, 3.63) is 83.3 Å². The van der Waals surface area contributed by atoms with E-state index in [4.69, 9.17) is 11.6 Å². The fourth-order valence-electron chi connectivity index (χ4n) is 3.06. The molecule has 1 aromatic carbocycles. The summed E-state index contributed by atoms with van der Waals surface area (Å²) in [4.78, 5) is 11.4. The molecule has 4 rings (SSSR count). The number of aromatic nitrogens is 1. The Morgan fingerprint density at radius 3 is 3.00 bits per heavy atom. The first-order valence-corrected chi connectivity index (χ1v) is 8.71. The Bertz CT molecular complexity index is 938. The summed E-state index contributed by atoms with van der Waals surface area (Å²) in [6, 6.07) is 9.99. The quantitative estimate of drug-likeness (QED) is 0.743. The lowest BCUT2D eigenvalue weighted by molar-refractivity contribution is 0.569. The van der Waals surface area contributed by atoms with Crippen molar-refractivity contribution < 1.29 is 0 Å². The van der Waals surface area contributed by atoms with Crippen LogP contribution in [0, 0.1) is 6.92 Å². The standard InChI is InChI=1S/C21H18ClN3/c1-15-11-19(21(24-14-15)17-5-4-6-18(22)12-17)16-7-10-25-9-3-2-8-23-20(25)13-16/h2,4-8,10-14H,3,9H2,1H3. The number of rotatable bonds is 2. The molecule has 0 atom stereocenters. The fraction of sp³-hybridized carbons (Fsp3) is 0.143. The number of halogens is 1. The lowest BCUT2D eigenvalue weighted by Crippen LogP contribution is -2.26. The second-order valence-corrected chi connectivity index (χ2v) is 6.63. The predicted molar refractivity (Wildman–Crippen MR) is 104 cm³/mol. The van der Waals surface area contributed by atoms with Crippen LogP contribution in [0.1, 0.15) is 17.5 Å². The molecule has 2 aliphatic heterocycles. The van der Waals surface area contributed by atoms with E-state index in [-0.39, 0.29) is 0 Å². The molecular weight excluding hydrogens is 330 g/mol. The number of fused-ring (bicyclic) bond motifs is 1. The van der Waals surface area contributed by atoms with Gasteiger partial charge >= 0.3 is 0 Å². The second kappa shape index (κ2) is 6.69. The first kappa shape index (κ1) is 15.9. The monoisotopic (exact) mass is 347 g/mol. The molecule has 0 aliphatic carbocycles. The topological polar surface area (TPSA) is 28.5 Å². The van der Waals surface area contributed by atoms with E-state index in [9.17, 15) is 0 Å². The fourth-order valence-corrected chi connectivity index (χ4v) is 3.25. The molecule has 2 aromatic rings. The van der Waals surface area contributed by atoms with Crippen molar-refractivity contribution in [2.45, 2.75) is 13.3 Å². The maximum atomic E-state index is 6.18. The van der Waals surface area contributed by atoms with E-state index in [0.717, 1.165) is 46.8 Å². The van der Waals surface area contributed by atoms with Crippen molar-refractivity contribution in [1.82, 2.24) is 9.88 Å². The molecule has 0 radical (unpaired) electrons. The summed E-state index contributed by atoms with van der Waals surface area (Å²) in [5.74, 6) is 0.963. The van der Waals surface area contributed by atoms with E-state index in [2.05, 4.69) is 52.3 Å². The highest BCUT2D eigenvalue weighted by Crippen LogP contribution is 2.31. The van der Waals surface area contributed by atoms with Gasteiger partial charge in [0.05, 0.1) is 5.69 Å². The Morgan fingerprint density at radius 2 is 2.12 bits per heavy atom. The van der Waals surface area contributed by atoms with Crippen molar-refractivity contribution >= 4 is 23.0 Å². The van der Waals surface area contributed by atoms with E-state index >= 15 is 0 Å². The largest absolute Gasteiger partial charge is 0.333 e. The van der Waals surface area contributed by atoms with Gasteiger partial charge in [-0.05, 0) is 54.8 Å². The molecule has 0 N–H and O–H groups in total. The number of hydrogen-bond acceptors (Lipinski definition) is 3. The molecule has 1 aromatic heterocycles. The molecule has 25 heavy (non-hydrogen) atoms. The maximum absolute atomic E-state index is 6.18. The van der Waals surface area contributed by atoms with Crippen LogP contribution in [0.15, 0.2) is 72.1 Å². The van der Waals surface area contributed by atoms with Crippen LogP contribution >= 0.6 is 11.6 Å². The third-order valence-electron chi connectivity index (χ3n) is 4.30. The van der Waals surface area contributed by atoms with E-state index in [0.29, 0.717) is 5.02 Å². The van der Waals surface area contributed by atoms with Gasteiger partial charge in [-0.15, -0.1) is 0 Å². The van der Waals surface area contributed by atoms with Gasteiger partial charge in [-0.1, -0.05) is 29.8 Å². The van der Waals surface area contributed by atoms with Crippen LogP contribution in [0.4, 0.5) is 0 Å². The van der Waals surface area contributed by atoms with Crippen molar-refractivity contribution in [2.75, 3.05) is 6.54 Å². The van der Waals surface area contributed by atoms with Crippen LogP contribution in [0.5, 0.6) is 0 Å². The van der Waals surface area contributed by atoms with E-state index in [1.165, 1.54) is 0 Å². The van der Waals surface area contributed by atoms with Gasteiger partial charge in [-0.3, -0.25) is 4.98 Å². The predicted octanol–water partition coefficient (Wildman–Crippen LogP) is 5.24. The highest BCUT2D eigenvalue weighted by Gasteiger charge is 2.17. The highest BCUT2D eigenvalue weighted by molar-refractivity contribution is 6.30. The van der Waals surface area contributed by atoms with Gasteiger partial charge in [-0.25, -0.2) is 4.99 Å². The summed E-state index contributed by atoms with van der Waals surface area (Å²) in [5.41, 5.74) is 5.27. The first-order valence-electron chi connectivity index (χ1n) is 8.33. The normalized spacial score (nSPS) is 16.2. The summed E-state index contributed by atoms with van der Waals surface area (Å²) in [6.45, 7) is 3.01. The molecule has 4 heteroatoms. The Morgan fingerprint density at radius 1 is 1.20 bits per heavy atom. The number of hydrogen-bond donors (Lipinski definition) is 0. The van der Waals surface area contributed by atoms with Gasteiger partial charge in [0, 0.05) is 41.3 Å². The van der Waals surface area contributed by atoms with Crippen molar-refractivity contribution in [1.29, 1.82) is 0 Å². The zero-order valence-electron chi connectivity index (χ0n) is 14.0. The van der Waals surface area contributed by atoms with E-state index in [1.807, 2.05) is 36.7 Å².